The van der Waals surface area contributed by atoms with E-state index in [4.69, 9.17) is 4.84 Å². The molecule has 1 aliphatic heterocycles. The van der Waals surface area contributed by atoms with E-state index >= 15 is 0 Å². The third-order valence-corrected chi connectivity index (χ3v) is 5.08. The maximum absolute atomic E-state index is 13.3. The Labute approximate surface area is 181 Å². The van der Waals surface area contributed by atoms with Gasteiger partial charge in [-0.15, -0.1) is 0 Å². The topological polar surface area (TPSA) is 86.5 Å². The van der Waals surface area contributed by atoms with Crippen molar-refractivity contribution in [3.63, 3.8) is 0 Å². The molecule has 31 heavy (non-hydrogen) atoms. The first-order valence-corrected chi connectivity index (χ1v) is 10.3. The van der Waals surface area contributed by atoms with Gasteiger partial charge in [0.15, 0.2) is 5.82 Å². The van der Waals surface area contributed by atoms with E-state index in [1.54, 1.807) is 18.3 Å². The number of fused-ring (bicyclic) bond motifs is 1. The molecule has 0 aliphatic carbocycles. The van der Waals surface area contributed by atoms with Gasteiger partial charge in [-0.05, 0) is 31.2 Å². The summed E-state index contributed by atoms with van der Waals surface area (Å²) in [5.41, 5.74) is 9.43. The minimum atomic E-state index is -0.0300. The molecule has 0 atom stereocenters. The van der Waals surface area contributed by atoms with Crippen LogP contribution in [0, 0.1) is 6.92 Å². The zero-order chi connectivity index (χ0) is 21.6. The van der Waals surface area contributed by atoms with Crippen molar-refractivity contribution in [1.29, 1.82) is 0 Å². The van der Waals surface area contributed by atoms with Crippen molar-refractivity contribution in [2.75, 3.05) is 50.3 Å². The van der Waals surface area contributed by atoms with E-state index in [0.29, 0.717) is 38.3 Å². The van der Waals surface area contributed by atoms with Gasteiger partial charge in [-0.3, -0.25) is 14.6 Å². The first-order valence-electron chi connectivity index (χ1n) is 10.3. The molecule has 9 heteroatoms. The van der Waals surface area contributed by atoms with Gasteiger partial charge in [0.1, 0.15) is 5.65 Å². The van der Waals surface area contributed by atoms with Gasteiger partial charge in [0.25, 0.3) is 5.91 Å². The lowest BCUT2D eigenvalue weighted by Gasteiger charge is -2.22. The van der Waals surface area contributed by atoms with Crippen LogP contribution in [0.5, 0.6) is 0 Å². The maximum Gasteiger partial charge on any atom is 0.256 e. The van der Waals surface area contributed by atoms with Crippen LogP contribution in [-0.2, 0) is 4.84 Å². The number of carbonyl (C=O) groups is 1. The number of hydrogen-bond acceptors (Lipinski definition) is 7. The monoisotopic (exact) mass is 421 g/mol. The third kappa shape index (κ3) is 4.84. The molecule has 0 saturated carbocycles. The molecular formula is C22H27N7O2. The maximum atomic E-state index is 13.3. The molecule has 0 bridgehead atoms. The molecular weight excluding hydrogens is 394 g/mol. The SMILES string of the molecule is C/N=C\CNNc1ccc(C)cc1C(=O)N1CCON(c2cn3ccccc3n2)CC1. The number of hydroxylamine groups is 1. The van der Waals surface area contributed by atoms with Crippen LogP contribution < -0.4 is 15.9 Å². The van der Waals surface area contributed by atoms with Crippen molar-refractivity contribution >= 4 is 29.3 Å². The highest BCUT2D eigenvalue weighted by Crippen LogP contribution is 2.21. The lowest BCUT2D eigenvalue weighted by molar-refractivity contribution is 0.0731. The van der Waals surface area contributed by atoms with E-state index < -0.39 is 0 Å². The molecule has 3 aromatic rings. The van der Waals surface area contributed by atoms with Crippen molar-refractivity contribution < 1.29 is 9.63 Å². The lowest BCUT2D eigenvalue weighted by Crippen LogP contribution is -2.36. The summed E-state index contributed by atoms with van der Waals surface area (Å²) in [7, 11) is 1.72. The summed E-state index contributed by atoms with van der Waals surface area (Å²) in [6.45, 7) is 4.52. The van der Waals surface area contributed by atoms with Crippen LogP contribution in [-0.4, -0.2) is 66.2 Å². The summed E-state index contributed by atoms with van der Waals surface area (Å²) in [5.74, 6) is 0.706. The Kier molecular flexibility index (Phi) is 6.44. The van der Waals surface area contributed by atoms with Crippen molar-refractivity contribution in [2.45, 2.75) is 6.92 Å². The van der Waals surface area contributed by atoms with Crippen LogP contribution in [0.15, 0.2) is 53.8 Å². The standard InChI is InChI=1S/C22H27N7O2/c1-17-6-7-19(26-24-9-8-23-2)18(15-17)22(30)27-11-12-29(31-14-13-27)21-16-28-10-4-3-5-20(28)25-21/h3-8,10,15-16,24,26H,9,11-14H2,1-2H3/b23-8-. The van der Waals surface area contributed by atoms with Crippen molar-refractivity contribution in [3.8, 4) is 0 Å². The lowest BCUT2D eigenvalue weighted by atomic mass is 10.1. The number of nitrogens with one attached hydrogen (secondary N) is 2. The van der Waals surface area contributed by atoms with Gasteiger partial charge < -0.3 is 14.7 Å². The van der Waals surface area contributed by atoms with Crippen molar-refractivity contribution in [2.24, 2.45) is 4.99 Å². The summed E-state index contributed by atoms with van der Waals surface area (Å²) in [6, 6.07) is 11.7. The second-order valence-electron chi connectivity index (χ2n) is 7.29. The Balaban J connectivity index is 1.46. The summed E-state index contributed by atoms with van der Waals surface area (Å²) in [6.07, 6.45) is 5.63. The van der Waals surface area contributed by atoms with Crippen LogP contribution in [0.1, 0.15) is 15.9 Å². The Morgan fingerprint density at radius 2 is 2.16 bits per heavy atom. The Hall–Kier alpha value is -3.43. The van der Waals surface area contributed by atoms with Crippen LogP contribution >= 0.6 is 0 Å². The van der Waals surface area contributed by atoms with Gasteiger partial charge in [-0.2, -0.15) is 0 Å². The molecule has 0 unspecified atom stereocenters. The second-order valence-corrected chi connectivity index (χ2v) is 7.29. The molecule has 1 aliphatic rings. The highest BCUT2D eigenvalue weighted by atomic mass is 16.7. The molecule has 1 aromatic carbocycles. The summed E-state index contributed by atoms with van der Waals surface area (Å²) in [4.78, 5) is 29.6. The van der Waals surface area contributed by atoms with Crippen LogP contribution in [0.3, 0.4) is 0 Å². The highest BCUT2D eigenvalue weighted by molar-refractivity contribution is 5.99. The van der Waals surface area contributed by atoms with E-state index in [0.717, 1.165) is 22.7 Å². The van der Waals surface area contributed by atoms with Crippen LogP contribution in [0.4, 0.5) is 11.5 Å². The number of aromatic nitrogens is 2. The normalized spacial score (nSPS) is 14.9. The number of aryl methyl sites for hydroxylation is 1. The molecule has 4 rings (SSSR count). The number of anilines is 2. The number of imidazole rings is 1. The number of nitrogens with zero attached hydrogens (tertiary/aromatic N) is 5. The molecule has 0 spiro atoms. The number of amides is 1. The zero-order valence-electron chi connectivity index (χ0n) is 17.8. The largest absolute Gasteiger partial charge is 0.334 e. The van der Waals surface area contributed by atoms with Crippen LogP contribution in [0.2, 0.25) is 0 Å². The van der Waals surface area contributed by atoms with E-state index in [2.05, 4.69) is 20.8 Å². The quantitative estimate of drug-likeness (QED) is 0.360. The van der Waals surface area contributed by atoms with E-state index in [1.807, 2.05) is 65.0 Å². The minimum Gasteiger partial charge on any atom is -0.334 e. The number of hydrazine groups is 1. The summed E-state index contributed by atoms with van der Waals surface area (Å²) < 4.78 is 1.95. The number of rotatable bonds is 6. The van der Waals surface area contributed by atoms with Gasteiger partial charge in [0.2, 0.25) is 0 Å². The minimum absolute atomic E-state index is 0.0300. The molecule has 0 radical (unpaired) electrons. The average Bonchev–Trinajstić information content (AvgIpc) is 3.06. The zero-order valence-corrected chi connectivity index (χ0v) is 17.8. The van der Waals surface area contributed by atoms with E-state index in [1.165, 1.54) is 0 Å². The van der Waals surface area contributed by atoms with Crippen LogP contribution in [0.25, 0.3) is 5.65 Å². The molecule has 3 heterocycles. The first kappa shape index (κ1) is 20.8. The number of pyridine rings is 1. The molecule has 9 nitrogen and oxygen atoms in total. The summed E-state index contributed by atoms with van der Waals surface area (Å²) >= 11 is 0. The second kappa shape index (κ2) is 9.59. The molecule has 1 saturated heterocycles. The fraction of sp³-hybridized carbons (Fsp3) is 0.318. The predicted molar refractivity (Wildman–Crippen MR) is 122 cm³/mol. The van der Waals surface area contributed by atoms with Crippen molar-refractivity contribution in [1.82, 2.24) is 19.7 Å². The molecule has 162 valence electrons. The first-order chi connectivity index (χ1) is 15.2. The van der Waals surface area contributed by atoms with Gasteiger partial charge in [0, 0.05) is 39.1 Å². The summed E-state index contributed by atoms with van der Waals surface area (Å²) in [5, 5.41) is 1.77. The molecule has 1 amide bonds. The highest BCUT2D eigenvalue weighted by Gasteiger charge is 2.24. The number of aliphatic imine (C=N–C) groups is 1. The Morgan fingerprint density at radius 1 is 1.26 bits per heavy atom. The Morgan fingerprint density at radius 3 is 3.00 bits per heavy atom. The average molecular weight is 422 g/mol. The van der Waals surface area contributed by atoms with Gasteiger partial charge >= 0.3 is 0 Å². The number of carbonyl (C=O) groups excluding carboxylic acids is 1. The van der Waals surface area contributed by atoms with E-state index in [9.17, 15) is 4.79 Å². The smallest absolute Gasteiger partial charge is 0.256 e. The Bertz CT molecular complexity index is 1050. The fourth-order valence-electron chi connectivity index (χ4n) is 3.47. The van der Waals surface area contributed by atoms with Crippen molar-refractivity contribution in [3.05, 3.63) is 59.9 Å². The van der Waals surface area contributed by atoms with Gasteiger partial charge in [0.05, 0.1) is 30.6 Å². The fourth-order valence-corrected chi connectivity index (χ4v) is 3.47. The number of hydrogen-bond donors (Lipinski definition) is 2. The van der Waals surface area contributed by atoms with Gasteiger partial charge in [-0.25, -0.2) is 15.5 Å². The molecule has 1 fully saturated rings. The molecule has 2 aromatic heterocycles. The van der Waals surface area contributed by atoms with Gasteiger partial charge in [-0.1, -0.05) is 17.7 Å². The predicted octanol–water partition coefficient (Wildman–Crippen LogP) is 2.15. The number of benzene rings is 1. The van der Waals surface area contributed by atoms with E-state index in [-0.39, 0.29) is 5.91 Å². The molecule has 2 N–H and O–H groups in total. The third-order valence-electron chi connectivity index (χ3n) is 5.08.